The molecule has 3 heterocycles. The molecule has 1 aromatic rings. The molecule has 120 valence electrons. The second-order valence-electron chi connectivity index (χ2n) is 5.45. The van der Waals surface area contributed by atoms with Crippen molar-refractivity contribution in [1.29, 1.82) is 5.26 Å². The Labute approximate surface area is 138 Å². The molecular formula is C15H17N5O2S. The highest BCUT2D eigenvalue weighted by Gasteiger charge is 2.27. The maximum Gasteiger partial charge on any atom is 0.242 e. The molecule has 23 heavy (non-hydrogen) atoms. The molecule has 0 aromatic carbocycles. The van der Waals surface area contributed by atoms with E-state index in [4.69, 9.17) is 5.26 Å². The Morgan fingerprint density at radius 1 is 1.35 bits per heavy atom. The summed E-state index contributed by atoms with van der Waals surface area (Å²) in [4.78, 5) is 33.6. The average Bonchev–Trinajstić information content (AvgIpc) is 3.00. The van der Waals surface area contributed by atoms with Crippen LogP contribution in [-0.4, -0.2) is 71.0 Å². The van der Waals surface area contributed by atoms with Crippen LogP contribution in [0, 0.1) is 11.3 Å². The Balaban J connectivity index is 1.54. The van der Waals surface area contributed by atoms with Crippen LogP contribution in [0.4, 0.5) is 5.82 Å². The number of anilines is 1. The number of amides is 2. The topological polar surface area (TPSA) is 80.5 Å². The molecule has 7 nitrogen and oxygen atoms in total. The van der Waals surface area contributed by atoms with Crippen LogP contribution in [0.3, 0.4) is 0 Å². The summed E-state index contributed by atoms with van der Waals surface area (Å²) >= 11 is 1.54. The summed E-state index contributed by atoms with van der Waals surface area (Å²) in [5.41, 5.74) is 0.582. The lowest BCUT2D eigenvalue weighted by atomic mass is 10.2. The summed E-state index contributed by atoms with van der Waals surface area (Å²) in [6, 6.07) is 5.54. The van der Waals surface area contributed by atoms with Gasteiger partial charge < -0.3 is 14.7 Å². The number of thioether (sulfide) groups is 1. The number of pyridine rings is 1. The van der Waals surface area contributed by atoms with Crippen LogP contribution < -0.4 is 4.90 Å². The van der Waals surface area contributed by atoms with E-state index >= 15 is 0 Å². The zero-order valence-corrected chi connectivity index (χ0v) is 13.5. The van der Waals surface area contributed by atoms with Crippen LogP contribution in [0.2, 0.25) is 0 Å². The van der Waals surface area contributed by atoms with E-state index < -0.39 is 0 Å². The number of rotatable bonds is 3. The minimum atomic E-state index is -0.000709. The molecule has 8 heteroatoms. The molecule has 0 bridgehead atoms. The van der Waals surface area contributed by atoms with E-state index in [9.17, 15) is 9.59 Å². The number of carbonyl (C=O) groups is 2. The first-order valence-electron chi connectivity index (χ1n) is 7.42. The fraction of sp³-hybridized carbons (Fsp3) is 0.467. The first-order valence-corrected chi connectivity index (χ1v) is 8.57. The SMILES string of the molecule is N#Cc1ccnc(N2CCN(C(=O)CN3CSCC3=O)CC2)c1. The summed E-state index contributed by atoms with van der Waals surface area (Å²) < 4.78 is 0. The van der Waals surface area contributed by atoms with Crippen LogP contribution in [0.25, 0.3) is 0 Å². The monoisotopic (exact) mass is 331 g/mol. The molecule has 2 aliphatic heterocycles. The average molecular weight is 331 g/mol. The van der Waals surface area contributed by atoms with E-state index in [2.05, 4.69) is 16.0 Å². The van der Waals surface area contributed by atoms with Gasteiger partial charge in [-0.15, -0.1) is 11.8 Å². The molecular weight excluding hydrogens is 314 g/mol. The first-order chi connectivity index (χ1) is 11.2. The number of nitrogens with zero attached hydrogens (tertiary/aromatic N) is 5. The fourth-order valence-electron chi connectivity index (χ4n) is 2.65. The summed E-state index contributed by atoms with van der Waals surface area (Å²) in [6.45, 7) is 2.74. The van der Waals surface area contributed by atoms with Crippen LogP contribution >= 0.6 is 11.8 Å². The molecule has 2 saturated heterocycles. The third-order valence-corrected chi connectivity index (χ3v) is 4.93. The van der Waals surface area contributed by atoms with E-state index in [-0.39, 0.29) is 18.4 Å². The Morgan fingerprint density at radius 3 is 2.78 bits per heavy atom. The van der Waals surface area contributed by atoms with Crippen molar-refractivity contribution in [2.45, 2.75) is 0 Å². The van der Waals surface area contributed by atoms with Gasteiger partial charge in [0.1, 0.15) is 12.4 Å². The summed E-state index contributed by atoms with van der Waals surface area (Å²) in [5.74, 6) is 1.89. The molecule has 0 saturated carbocycles. The Bertz CT molecular complexity index is 652. The maximum atomic E-state index is 12.3. The molecule has 1 aromatic heterocycles. The van der Waals surface area contributed by atoms with Gasteiger partial charge in [-0.2, -0.15) is 5.26 Å². The predicted molar refractivity (Wildman–Crippen MR) is 86.8 cm³/mol. The fourth-order valence-corrected chi connectivity index (χ4v) is 3.55. The van der Waals surface area contributed by atoms with Gasteiger partial charge in [-0.05, 0) is 12.1 Å². The summed E-state index contributed by atoms with van der Waals surface area (Å²) in [5, 5.41) is 8.95. The molecule has 0 aliphatic carbocycles. The second kappa shape index (κ2) is 6.87. The zero-order valence-electron chi connectivity index (χ0n) is 12.6. The van der Waals surface area contributed by atoms with Crippen molar-refractivity contribution in [1.82, 2.24) is 14.8 Å². The number of carbonyl (C=O) groups excluding carboxylic acids is 2. The Kier molecular flexibility index (Phi) is 4.67. The van der Waals surface area contributed by atoms with Gasteiger partial charge in [-0.25, -0.2) is 4.98 Å². The Hall–Kier alpha value is -2.27. The van der Waals surface area contributed by atoms with Crippen molar-refractivity contribution in [3.63, 3.8) is 0 Å². The van der Waals surface area contributed by atoms with Crippen molar-refractivity contribution in [3.8, 4) is 6.07 Å². The summed E-state index contributed by atoms with van der Waals surface area (Å²) in [6.07, 6.45) is 1.63. The molecule has 3 rings (SSSR count). The van der Waals surface area contributed by atoms with Crippen molar-refractivity contribution in [2.24, 2.45) is 0 Å². The largest absolute Gasteiger partial charge is 0.353 e. The third kappa shape index (κ3) is 3.56. The lowest BCUT2D eigenvalue weighted by molar-refractivity contribution is -0.138. The highest BCUT2D eigenvalue weighted by atomic mass is 32.2. The lowest BCUT2D eigenvalue weighted by Crippen LogP contribution is -2.51. The van der Waals surface area contributed by atoms with Crippen molar-refractivity contribution < 1.29 is 9.59 Å². The summed E-state index contributed by atoms with van der Waals surface area (Å²) in [7, 11) is 0. The van der Waals surface area contributed by atoms with Crippen molar-refractivity contribution in [2.75, 3.05) is 49.3 Å². The van der Waals surface area contributed by atoms with Crippen molar-refractivity contribution >= 4 is 29.4 Å². The number of hydrogen-bond acceptors (Lipinski definition) is 6. The molecule has 2 fully saturated rings. The lowest BCUT2D eigenvalue weighted by Gasteiger charge is -2.36. The van der Waals surface area contributed by atoms with E-state index in [0.717, 1.165) is 5.82 Å². The third-order valence-electron chi connectivity index (χ3n) is 3.98. The predicted octanol–water partition coefficient (Wildman–Crippen LogP) is 0.135. The van der Waals surface area contributed by atoms with Gasteiger partial charge in [-0.3, -0.25) is 9.59 Å². The van der Waals surface area contributed by atoms with E-state index in [0.29, 0.717) is 43.4 Å². The molecule has 0 spiro atoms. The molecule has 0 unspecified atom stereocenters. The maximum absolute atomic E-state index is 12.3. The minimum Gasteiger partial charge on any atom is -0.353 e. The van der Waals surface area contributed by atoms with Gasteiger partial charge in [0.05, 0.1) is 23.3 Å². The number of aromatic nitrogens is 1. The highest BCUT2D eigenvalue weighted by Crippen LogP contribution is 2.17. The molecule has 2 amide bonds. The first kappa shape index (κ1) is 15.6. The standard InChI is InChI=1S/C15H17N5O2S/c16-8-12-1-2-17-13(7-12)18-3-5-19(6-4-18)14(21)9-20-11-23-10-15(20)22/h1-2,7H,3-6,9-11H2. The van der Waals surface area contributed by atoms with Crippen LogP contribution in [0.1, 0.15) is 5.56 Å². The quantitative estimate of drug-likeness (QED) is 0.783. The molecule has 0 radical (unpaired) electrons. The van der Waals surface area contributed by atoms with Crippen molar-refractivity contribution in [3.05, 3.63) is 23.9 Å². The number of piperazine rings is 1. The number of hydrogen-bond donors (Lipinski definition) is 0. The van der Waals surface area contributed by atoms with Gasteiger partial charge in [0, 0.05) is 32.4 Å². The molecule has 0 atom stereocenters. The molecule has 0 N–H and O–H groups in total. The van der Waals surface area contributed by atoms with E-state index in [1.165, 1.54) is 0 Å². The molecule has 2 aliphatic rings. The second-order valence-corrected chi connectivity index (χ2v) is 6.41. The van der Waals surface area contributed by atoms with E-state index in [1.54, 1.807) is 39.9 Å². The smallest absolute Gasteiger partial charge is 0.242 e. The van der Waals surface area contributed by atoms with Gasteiger partial charge >= 0.3 is 0 Å². The zero-order chi connectivity index (χ0) is 16.2. The highest BCUT2D eigenvalue weighted by molar-refractivity contribution is 8.00. The number of nitriles is 1. The van der Waals surface area contributed by atoms with Crippen LogP contribution in [0.5, 0.6) is 0 Å². The van der Waals surface area contributed by atoms with Gasteiger partial charge in [-0.1, -0.05) is 0 Å². The normalized spacial score (nSPS) is 18.2. The minimum absolute atomic E-state index is 0.000709. The van der Waals surface area contributed by atoms with Crippen LogP contribution in [-0.2, 0) is 9.59 Å². The van der Waals surface area contributed by atoms with E-state index in [1.807, 2.05) is 0 Å². The van der Waals surface area contributed by atoms with Gasteiger partial charge in [0.15, 0.2) is 0 Å². The van der Waals surface area contributed by atoms with Crippen LogP contribution in [0.15, 0.2) is 18.3 Å². The Morgan fingerprint density at radius 2 is 2.13 bits per heavy atom. The van der Waals surface area contributed by atoms with Gasteiger partial charge in [0.25, 0.3) is 0 Å². The van der Waals surface area contributed by atoms with Gasteiger partial charge in [0.2, 0.25) is 11.8 Å².